The molecular formula is C19H22N2O3. The number of amides is 1. The third-order valence-electron chi connectivity index (χ3n) is 3.58. The molecule has 0 aliphatic heterocycles. The summed E-state index contributed by atoms with van der Waals surface area (Å²) in [5.41, 5.74) is 7.02. The fraction of sp³-hybridized carbons (Fsp3) is 0.263. The molecule has 24 heavy (non-hydrogen) atoms. The van der Waals surface area contributed by atoms with Gasteiger partial charge in [-0.15, -0.1) is 0 Å². The Balaban J connectivity index is 2.17. The van der Waals surface area contributed by atoms with Gasteiger partial charge in [-0.25, -0.2) is 4.79 Å². The van der Waals surface area contributed by atoms with Crippen molar-refractivity contribution < 1.29 is 14.3 Å². The van der Waals surface area contributed by atoms with Crippen molar-refractivity contribution in [3.05, 3.63) is 65.7 Å². The lowest BCUT2D eigenvalue weighted by molar-refractivity contribution is -0.127. The van der Waals surface area contributed by atoms with Crippen LogP contribution in [0.15, 0.2) is 54.6 Å². The monoisotopic (exact) mass is 326 g/mol. The molecule has 3 N–H and O–H groups in total. The number of hydrogen-bond donors (Lipinski definition) is 2. The molecule has 2 rings (SSSR count). The zero-order chi connectivity index (χ0) is 17.4. The van der Waals surface area contributed by atoms with Crippen LogP contribution in [0.25, 0.3) is 0 Å². The minimum Gasteiger partial charge on any atom is -0.444 e. The number of rotatable bonds is 8. The number of para-hydroxylation sites is 1. The largest absolute Gasteiger partial charge is 0.444 e. The zero-order valence-corrected chi connectivity index (χ0v) is 13.7. The lowest BCUT2D eigenvalue weighted by Gasteiger charge is -2.17. The SMILES string of the molecule is CCCCNc1ccccc1C(=O)OC(C(N)=O)c1ccccc1. The van der Waals surface area contributed by atoms with E-state index in [-0.39, 0.29) is 0 Å². The molecule has 0 heterocycles. The molecule has 5 nitrogen and oxygen atoms in total. The van der Waals surface area contributed by atoms with E-state index in [9.17, 15) is 9.59 Å². The first-order chi connectivity index (χ1) is 11.6. The number of benzene rings is 2. The van der Waals surface area contributed by atoms with Gasteiger partial charge in [0.25, 0.3) is 5.91 Å². The van der Waals surface area contributed by atoms with E-state index in [4.69, 9.17) is 10.5 Å². The van der Waals surface area contributed by atoms with E-state index < -0.39 is 18.0 Å². The number of anilines is 1. The molecule has 0 spiro atoms. The molecule has 0 radical (unpaired) electrons. The van der Waals surface area contributed by atoms with Crippen LogP contribution in [0.2, 0.25) is 0 Å². The molecule has 0 aliphatic rings. The fourth-order valence-corrected chi connectivity index (χ4v) is 2.30. The summed E-state index contributed by atoms with van der Waals surface area (Å²) in [6, 6.07) is 15.8. The summed E-state index contributed by atoms with van der Waals surface area (Å²) in [7, 11) is 0. The highest BCUT2D eigenvalue weighted by atomic mass is 16.5. The number of ether oxygens (including phenoxy) is 1. The van der Waals surface area contributed by atoms with Gasteiger partial charge in [-0.3, -0.25) is 4.79 Å². The predicted molar refractivity (Wildman–Crippen MR) is 93.6 cm³/mol. The smallest absolute Gasteiger partial charge is 0.341 e. The Morgan fingerprint density at radius 2 is 1.75 bits per heavy atom. The predicted octanol–water partition coefficient (Wildman–Crippen LogP) is 3.28. The lowest BCUT2D eigenvalue weighted by atomic mass is 10.1. The second-order valence-electron chi connectivity index (χ2n) is 5.42. The van der Waals surface area contributed by atoms with Crippen molar-refractivity contribution in [2.75, 3.05) is 11.9 Å². The minimum absolute atomic E-state index is 0.385. The first-order valence-electron chi connectivity index (χ1n) is 8.01. The molecule has 126 valence electrons. The number of primary amides is 1. The van der Waals surface area contributed by atoms with E-state index in [1.54, 1.807) is 36.4 Å². The highest BCUT2D eigenvalue weighted by Gasteiger charge is 2.24. The van der Waals surface area contributed by atoms with Gasteiger partial charge in [0.1, 0.15) is 0 Å². The summed E-state index contributed by atoms with van der Waals surface area (Å²) in [6.45, 7) is 2.86. The zero-order valence-electron chi connectivity index (χ0n) is 13.7. The Hall–Kier alpha value is -2.82. The van der Waals surface area contributed by atoms with Gasteiger partial charge in [0.15, 0.2) is 0 Å². The summed E-state index contributed by atoms with van der Waals surface area (Å²) in [4.78, 5) is 24.2. The van der Waals surface area contributed by atoms with Crippen LogP contribution in [0.1, 0.15) is 41.8 Å². The summed E-state index contributed by atoms with van der Waals surface area (Å²) < 4.78 is 5.38. The fourth-order valence-electron chi connectivity index (χ4n) is 2.30. The Morgan fingerprint density at radius 1 is 1.08 bits per heavy atom. The third-order valence-corrected chi connectivity index (χ3v) is 3.58. The van der Waals surface area contributed by atoms with Crippen molar-refractivity contribution in [3.63, 3.8) is 0 Å². The van der Waals surface area contributed by atoms with E-state index >= 15 is 0 Å². The average Bonchev–Trinajstić information content (AvgIpc) is 2.60. The molecule has 2 aromatic rings. The third kappa shape index (κ3) is 4.59. The van der Waals surface area contributed by atoms with Crippen LogP contribution >= 0.6 is 0 Å². The Bertz CT molecular complexity index is 686. The Morgan fingerprint density at radius 3 is 2.42 bits per heavy atom. The topological polar surface area (TPSA) is 81.4 Å². The van der Waals surface area contributed by atoms with Gasteiger partial charge in [-0.1, -0.05) is 55.8 Å². The van der Waals surface area contributed by atoms with Crippen molar-refractivity contribution in [2.45, 2.75) is 25.9 Å². The van der Waals surface area contributed by atoms with Crippen LogP contribution in [0.3, 0.4) is 0 Å². The van der Waals surface area contributed by atoms with Crippen molar-refractivity contribution in [3.8, 4) is 0 Å². The summed E-state index contributed by atoms with van der Waals surface area (Å²) in [5.74, 6) is -1.28. The average molecular weight is 326 g/mol. The summed E-state index contributed by atoms with van der Waals surface area (Å²) >= 11 is 0. The summed E-state index contributed by atoms with van der Waals surface area (Å²) in [5, 5.41) is 3.22. The van der Waals surface area contributed by atoms with E-state index in [0.717, 1.165) is 19.4 Å². The van der Waals surface area contributed by atoms with Gasteiger partial charge in [0.05, 0.1) is 5.56 Å². The number of esters is 1. The van der Waals surface area contributed by atoms with Crippen LogP contribution in [0.5, 0.6) is 0 Å². The van der Waals surface area contributed by atoms with Gasteiger partial charge in [0.2, 0.25) is 6.10 Å². The highest BCUT2D eigenvalue weighted by molar-refractivity contribution is 5.97. The van der Waals surface area contributed by atoms with Crippen molar-refractivity contribution >= 4 is 17.6 Å². The molecule has 0 aliphatic carbocycles. The number of carbonyl (C=O) groups excluding carboxylic acids is 2. The van der Waals surface area contributed by atoms with E-state index in [2.05, 4.69) is 12.2 Å². The Labute approximate surface area is 141 Å². The van der Waals surface area contributed by atoms with Crippen molar-refractivity contribution in [1.82, 2.24) is 0 Å². The van der Waals surface area contributed by atoms with Crippen molar-refractivity contribution in [2.24, 2.45) is 5.73 Å². The normalized spacial score (nSPS) is 11.5. The molecule has 2 aromatic carbocycles. The number of nitrogens with one attached hydrogen (secondary N) is 1. The van der Waals surface area contributed by atoms with Gasteiger partial charge < -0.3 is 15.8 Å². The standard InChI is InChI=1S/C19H22N2O3/c1-2-3-13-21-16-12-8-7-11-15(16)19(23)24-17(18(20)22)14-9-5-4-6-10-14/h4-12,17,21H,2-3,13H2,1H3,(H2,20,22). The first kappa shape index (κ1) is 17.5. The number of hydrogen-bond acceptors (Lipinski definition) is 4. The summed E-state index contributed by atoms with van der Waals surface area (Å²) in [6.07, 6.45) is 0.941. The van der Waals surface area contributed by atoms with Gasteiger partial charge in [-0.2, -0.15) is 0 Å². The lowest BCUT2D eigenvalue weighted by Crippen LogP contribution is -2.26. The molecule has 0 saturated heterocycles. The first-order valence-corrected chi connectivity index (χ1v) is 8.01. The van der Waals surface area contributed by atoms with E-state index in [1.807, 2.05) is 18.2 Å². The van der Waals surface area contributed by atoms with E-state index in [0.29, 0.717) is 16.8 Å². The van der Waals surface area contributed by atoms with Crippen LogP contribution in [-0.2, 0) is 9.53 Å². The molecule has 1 amide bonds. The van der Waals surface area contributed by atoms with Gasteiger partial charge in [0, 0.05) is 17.8 Å². The van der Waals surface area contributed by atoms with Crippen LogP contribution in [0.4, 0.5) is 5.69 Å². The second kappa shape index (κ2) is 8.72. The van der Waals surface area contributed by atoms with E-state index in [1.165, 1.54) is 0 Å². The maximum atomic E-state index is 12.5. The maximum absolute atomic E-state index is 12.5. The minimum atomic E-state index is -1.11. The quantitative estimate of drug-likeness (QED) is 0.576. The van der Waals surface area contributed by atoms with Crippen LogP contribution < -0.4 is 11.1 Å². The molecule has 0 bridgehead atoms. The highest BCUT2D eigenvalue weighted by Crippen LogP contribution is 2.22. The number of carbonyl (C=O) groups is 2. The molecule has 1 atom stereocenters. The van der Waals surface area contributed by atoms with Gasteiger partial charge >= 0.3 is 5.97 Å². The molecular weight excluding hydrogens is 304 g/mol. The maximum Gasteiger partial charge on any atom is 0.341 e. The Kier molecular flexibility index (Phi) is 6.37. The molecule has 5 heteroatoms. The molecule has 0 fully saturated rings. The van der Waals surface area contributed by atoms with Crippen molar-refractivity contribution in [1.29, 1.82) is 0 Å². The molecule has 1 unspecified atom stereocenters. The number of unbranched alkanes of at least 4 members (excludes halogenated alkanes) is 1. The molecule has 0 saturated carbocycles. The van der Waals surface area contributed by atoms with Gasteiger partial charge in [-0.05, 0) is 18.6 Å². The van der Waals surface area contributed by atoms with Crippen LogP contribution in [0, 0.1) is 0 Å². The molecule has 0 aromatic heterocycles. The second-order valence-corrected chi connectivity index (χ2v) is 5.42. The van der Waals surface area contributed by atoms with Crippen LogP contribution in [-0.4, -0.2) is 18.4 Å². The number of nitrogens with two attached hydrogens (primary N) is 1.